The summed E-state index contributed by atoms with van der Waals surface area (Å²) in [4.78, 5) is 4.16. The molecule has 1 aromatic rings. The molecule has 0 saturated carbocycles. The highest BCUT2D eigenvalue weighted by atomic mass is 16.5. The summed E-state index contributed by atoms with van der Waals surface area (Å²) in [6.07, 6.45) is 1.08. The minimum atomic E-state index is 0.267. The fraction of sp³-hybridized carbons (Fsp3) is 0.714. The first-order valence-corrected chi connectivity index (χ1v) is 3.95. The van der Waals surface area contributed by atoms with Gasteiger partial charge in [0.25, 0.3) is 0 Å². The van der Waals surface area contributed by atoms with Gasteiger partial charge < -0.3 is 14.6 Å². The zero-order valence-corrected chi connectivity index (χ0v) is 6.91. The van der Waals surface area contributed by atoms with E-state index in [2.05, 4.69) is 15.5 Å². The summed E-state index contributed by atoms with van der Waals surface area (Å²) in [7, 11) is 1.61. The monoisotopic (exact) mass is 169 g/mol. The van der Waals surface area contributed by atoms with E-state index >= 15 is 0 Å². The molecule has 5 nitrogen and oxygen atoms in total. The van der Waals surface area contributed by atoms with Crippen LogP contribution in [-0.4, -0.2) is 23.8 Å². The van der Waals surface area contributed by atoms with Crippen LogP contribution in [-0.2, 0) is 11.3 Å². The van der Waals surface area contributed by atoms with Gasteiger partial charge in [-0.3, -0.25) is 0 Å². The molecule has 1 aliphatic heterocycles. The molecule has 1 unspecified atom stereocenters. The van der Waals surface area contributed by atoms with Gasteiger partial charge in [-0.2, -0.15) is 4.98 Å². The molecule has 0 radical (unpaired) electrons. The lowest BCUT2D eigenvalue weighted by atomic mass is 10.1. The van der Waals surface area contributed by atoms with Gasteiger partial charge in [0.15, 0.2) is 5.82 Å². The third-order valence-corrected chi connectivity index (χ3v) is 1.88. The third-order valence-electron chi connectivity index (χ3n) is 1.88. The topological polar surface area (TPSA) is 60.2 Å². The molecule has 0 spiro atoms. The van der Waals surface area contributed by atoms with Crippen molar-refractivity contribution in [2.45, 2.75) is 19.1 Å². The van der Waals surface area contributed by atoms with Gasteiger partial charge >= 0.3 is 0 Å². The Morgan fingerprint density at radius 1 is 1.75 bits per heavy atom. The lowest BCUT2D eigenvalue weighted by Crippen LogP contribution is -2.35. The van der Waals surface area contributed by atoms with E-state index in [4.69, 9.17) is 9.26 Å². The second-order valence-electron chi connectivity index (χ2n) is 2.78. The lowest BCUT2D eigenvalue weighted by Gasteiger charge is -2.23. The van der Waals surface area contributed by atoms with Crippen molar-refractivity contribution in [2.75, 3.05) is 13.7 Å². The fourth-order valence-corrected chi connectivity index (χ4v) is 1.10. The second-order valence-corrected chi connectivity index (χ2v) is 2.78. The van der Waals surface area contributed by atoms with Gasteiger partial charge in [-0.05, 0) is 13.0 Å². The van der Waals surface area contributed by atoms with Gasteiger partial charge in [0.2, 0.25) is 5.89 Å². The Labute approximate surface area is 70.1 Å². The van der Waals surface area contributed by atoms with E-state index in [1.165, 1.54) is 0 Å². The van der Waals surface area contributed by atoms with Crippen molar-refractivity contribution >= 4 is 0 Å². The average molecular weight is 169 g/mol. The maximum atomic E-state index is 5.02. The Morgan fingerprint density at radius 3 is 3.17 bits per heavy atom. The fourth-order valence-electron chi connectivity index (χ4n) is 1.10. The molecule has 0 aromatic carbocycles. The lowest BCUT2D eigenvalue weighted by molar-refractivity contribution is 0.174. The van der Waals surface area contributed by atoms with Crippen molar-refractivity contribution in [3.05, 3.63) is 11.7 Å². The molecule has 1 saturated heterocycles. The largest absolute Gasteiger partial charge is 0.377 e. The van der Waals surface area contributed by atoms with Gasteiger partial charge in [-0.25, -0.2) is 0 Å². The van der Waals surface area contributed by atoms with Crippen molar-refractivity contribution in [1.82, 2.24) is 15.5 Å². The van der Waals surface area contributed by atoms with Gasteiger partial charge in [0, 0.05) is 7.11 Å². The first kappa shape index (κ1) is 7.70. The smallest absolute Gasteiger partial charge is 0.243 e. The molecule has 0 aliphatic carbocycles. The molecule has 12 heavy (non-hydrogen) atoms. The molecule has 2 rings (SSSR count). The molecule has 1 aromatic heterocycles. The Kier molecular flexibility index (Phi) is 2.05. The van der Waals surface area contributed by atoms with Gasteiger partial charge in [0.1, 0.15) is 6.61 Å². The SMILES string of the molecule is COCc1noc(C2CCN2)n1. The van der Waals surface area contributed by atoms with Crippen LogP contribution in [0.1, 0.15) is 24.2 Å². The first-order chi connectivity index (χ1) is 5.90. The molecule has 5 heteroatoms. The molecule has 1 fully saturated rings. The average Bonchev–Trinajstić information content (AvgIpc) is 2.34. The summed E-state index contributed by atoms with van der Waals surface area (Å²) in [5.74, 6) is 1.29. The number of aromatic nitrogens is 2. The van der Waals surface area contributed by atoms with E-state index in [1.807, 2.05) is 0 Å². The van der Waals surface area contributed by atoms with E-state index in [9.17, 15) is 0 Å². The molecule has 1 aliphatic rings. The van der Waals surface area contributed by atoms with E-state index in [1.54, 1.807) is 7.11 Å². The van der Waals surface area contributed by atoms with Gasteiger partial charge in [-0.15, -0.1) is 0 Å². The van der Waals surface area contributed by atoms with Crippen molar-refractivity contribution in [3.8, 4) is 0 Å². The van der Waals surface area contributed by atoms with Crippen molar-refractivity contribution in [1.29, 1.82) is 0 Å². The van der Waals surface area contributed by atoms with Crippen LogP contribution in [0.2, 0.25) is 0 Å². The molecule has 0 bridgehead atoms. The number of nitrogens with zero attached hydrogens (tertiary/aromatic N) is 2. The maximum Gasteiger partial charge on any atom is 0.243 e. The summed E-state index contributed by atoms with van der Waals surface area (Å²) in [5, 5.41) is 6.94. The van der Waals surface area contributed by atoms with Crippen LogP contribution >= 0.6 is 0 Å². The normalized spacial score (nSPS) is 22.2. The zero-order chi connectivity index (χ0) is 8.39. The number of ether oxygens (including phenoxy) is 1. The molecular formula is C7H11N3O2. The highest BCUT2D eigenvalue weighted by Crippen LogP contribution is 2.20. The van der Waals surface area contributed by atoms with Crippen LogP contribution < -0.4 is 5.32 Å². The van der Waals surface area contributed by atoms with Crippen LogP contribution in [0.25, 0.3) is 0 Å². The van der Waals surface area contributed by atoms with Gasteiger partial charge in [0.05, 0.1) is 6.04 Å². The summed E-state index contributed by atoms with van der Waals surface area (Å²) in [5.41, 5.74) is 0. The van der Waals surface area contributed by atoms with E-state index in [0.29, 0.717) is 18.3 Å². The van der Waals surface area contributed by atoms with Crippen LogP contribution in [0, 0.1) is 0 Å². The van der Waals surface area contributed by atoms with Crippen LogP contribution in [0.4, 0.5) is 0 Å². The van der Waals surface area contributed by atoms with Crippen LogP contribution in [0.5, 0.6) is 0 Å². The van der Waals surface area contributed by atoms with E-state index in [0.717, 1.165) is 13.0 Å². The molecule has 0 amide bonds. The summed E-state index contributed by atoms with van der Waals surface area (Å²) < 4.78 is 9.88. The predicted octanol–water partition coefficient (Wildman–Crippen LogP) is 0.250. The number of hydrogen-bond donors (Lipinski definition) is 1. The Morgan fingerprint density at radius 2 is 2.58 bits per heavy atom. The minimum absolute atomic E-state index is 0.267. The molecule has 2 heterocycles. The van der Waals surface area contributed by atoms with Crippen molar-refractivity contribution < 1.29 is 9.26 Å². The summed E-state index contributed by atoms with van der Waals surface area (Å²) in [6, 6.07) is 0.267. The first-order valence-electron chi connectivity index (χ1n) is 3.95. The Balaban J connectivity index is 2.02. The minimum Gasteiger partial charge on any atom is -0.377 e. The summed E-state index contributed by atoms with van der Waals surface area (Å²) in [6.45, 7) is 1.45. The molecule has 66 valence electrons. The van der Waals surface area contributed by atoms with Crippen LogP contribution in [0.3, 0.4) is 0 Å². The third kappa shape index (κ3) is 1.33. The Hall–Kier alpha value is -0.940. The number of methoxy groups -OCH3 is 1. The second kappa shape index (κ2) is 3.20. The number of nitrogens with one attached hydrogen (secondary N) is 1. The zero-order valence-electron chi connectivity index (χ0n) is 6.91. The van der Waals surface area contributed by atoms with Crippen molar-refractivity contribution in [2.24, 2.45) is 0 Å². The van der Waals surface area contributed by atoms with Crippen molar-refractivity contribution in [3.63, 3.8) is 0 Å². The van der Waals surface area contributed by atoms with Gasteiger partial charge in [-0.1, -0.05) is 5.16 Å². The quantitative estimate of drug-likeness (QED) is 0.702. The van der Waals surface area contributed by atoms with Crippen LogP contribution in [0.15, 0.2) is 4.52 Å². The summed E-state index contributed by atoms with van der Waals surface area (Å²) >= 11 is 0. The highest BCUT2D eigenvalue weighted by Gasteiger charge is 2.24. The predicted molar refractivity (Wildman–Crippen MR) is 40.4 cm³/mol. The molecule has 1 N–H and O–H groups in total. The van der Waals surface area contributed by atoms with E-state index < -0.39 is 0 Å². The number of hydrogen-bond acceptors (Lipinski definition) is 5. The number of rotatable bonds is 3. The van der Waals surface area contributed by atoms with E-state index in [-0.39, 0.29) is 6.04 Å². The standard InChI is InChI=1S/C7H11N3O2/c1-11-4-6-9-7(12-10-6)5-2-3-8-5/h5,8H,2-4H2,1H3. The Bertz CT molecular complexity index is 257. The molecular weight excluding hydrogens is 158 g/mol. The maximum absolute atomic E-state index is 5.02. The highest BCUT2D eigenvalue weighted by molar-refractivity contribution is 4.96. The molecule has 1 atom stereocenters.